The van der Waals surface area contributed by atoms with E-state index in [0.717, 1.165) is 24.9 Å². The van der Waals surface area contributed by atoms with E-state index in [9.17, 15) is 9.59 Å². The summed E-state index contributed by atoms with van der Waals surface area (Å²) in [7, 11) is 0. The monoisotopic (exact) mass is 367 g/mol. The summed E-state index contributed by atoms with van der Waals surface area (Å²) in [5.41, 5.74) is 2.48. The summed E-state index contributed by atoms with van der Waals surface area (Å²) < 4.78 is 0. The Hall–Kier alpha value is -2.69. The van der Waals surface area contributed by atoms with Gasteiger partial charge in [0.1, 0.15) is 0 Å². The third-order valence-electron chi connectivity index (χ3n) is 4.99. The molecule has 1 aromatic carbocycles. The molecule has 0 radical (unpaired) electrons. The van der Waals surface area contributed by atoms with Crippen molar-refractivity contribution in [3.05, 3.63) is 59.4 Å². The van der Waals surface area contributed by atoms with E-state index in [1.807, 2.05) is 30.9 Å². The summed E-state index contributed by atoms with van der Waals surface area (Å²) >= 11 is 0. The third kappa shape index (κ3) is 5.16. The van der Waals surface area contributed by atoms with Crippen LogP contribution in [0.15, 0.2) is 42.7 Å². The number of aryl methyl sites for hydroxylation is 1. The highest BCUT2D eigenvalue weighted by atomic mass is 16.2. The molecule has 2 aromatic rings. The Morgan fingerprint density at radius 2 is 1.74 bits per heavy atom. The van der Waals surface area contributed by atoms with E-state index in [0.29, 0.717) is 29.3 Å². The number of amides is 2. The molecule has 1 heterocycles. The predicted octanol–water partition coefficient (Wildman–Crippen LogP) is 4.54. The van der Waals surface area contributed by atoms with Crippen LogP contribution in [0.5, 0.6) is 0 Å². The molecule has 5 heteroatoms. The maximum atomic E-state index is 13.2. The van der Waals surface area contributed by atoms with E-state index in [4.69, 9.17) is 0 Å². The lowest BCUT2D eigenvalue weighted by Crippen LogP contribution is -2.35. The van der Waals surface area contributed by atoms with Gasteiger partial charge < -0.3 is 10.2 Å². The molecule has 5 nitrogen and oxygen atoms in total. The Labute approximate surface area is 161 Å². The van der Waals surface area contributed by atoms with Gasteiger partial charge in [-0.2, -0.15) is 0 Å². The molecule has 0 fully saturated rings. The molecule has 2 amide bonds. The molecule has 1 N–H and O–H groups in total. The minimum Gasteiger partial charge on any atom is -0.339 e. The number of pyridine rings is 1. The van der Waals surface area contributed by atoms with Crippen LogP contribution < -0.4 is 5.32 Å². The second kappa shape index (κ2) is 9.86. The molecule has 2 rings (SSSR count). The van der Waals surface area contributed by atoms with Gasteiger partial charge in [-0.1, -0.05) is 38.8 Å². The fourth-order valence-electron chi connectivity index (χ4n) is 3.09. The van der Waals surface area contributed by atoms with Crippen molar-refractivity contribution in [2.75, 3.05) is 18.4 Å². The van der Waals surface area contributed by atoms with Crippen molar-refractivity contribution in [2.45, 2.75) is 40.5 Å². The maximum absolute atomic E-state index is 13.2. The van der Waals surface area contributed by atoms with E-state index < -0.39 is 0 Å². The number of anilines is 1. The number of nitrogens with zero attached hydrogens (tertiary/aromatic N) is 2. The summed E-state index contributed by atoms with van der Waals surface area (Å²) in [5, 5.41) is 2.92. The largest absolute Gasteiger partial charge is 0.339 e. The average Bonchev–Trinajstić information content (AvgIpc) is 2.70. The van der Waals surface area contributed by atoms with Gasteiger partial charge in [-0.3, -0.25) is 14.6 Å². The molecule has 0 aliphatic carbocycles. The normalized spacial score (nSPS) is 10.7. The van der Waals surface area contributed by atoms with Gasteiger partial charge in [0.25, 0.3) is 11.8 Å². The topological polar surface area (TPSA) is 62.3 Å². The van der Waals surface area contributed by atoms with E-state index >= 15 is 0 Å². The average molecular weight is 367 g/mol. The van der Waals surface area contributed by atoms with Crippen molar-refractivity contribution in [3.63, 3.8) is 0 Å². The maximum Gasteiger partial charge on any atom is 0.255 e. The minimum atomic E-state index is -0.246. The highest BCUT2D eigenvalue weighted by Crippen LogP contribution is 2.24. The number of hydrogen-bond donors (Lipinski definition) is 1. The molecule has 1 aromatic heterocycles. The summed E-state index contributed by atoms with van der Waals surface area (Å²) in [4.78, 5) is 31.6. The Balaban J connectivity index is 2.30. The van der Waals surface area contributed by atoms with Gasteiger partial charge in [-0.05, 0) is 43.5 Å². The molecular formula is C22H29N3O2. The van der Waals surface area contributed by atoms with Crippen molar-refractivity contribution in [1.82, 2.24) is 9.88 Å². The number of nitrogens with one attached hydrogen (secondary N) is 1. The van der Waals surface area contributed by atoms with Crippen LogP contribution in [0.3, 0.4) is 0 Å². The van der Waals surface area contributed by atoms with Crippen molar-refractivity contribution >= 4 is 17.5 Å². The lowest BCUT2D eigenvalue weighted by Gasteiger charge is -2.26. The van der Waals surface area contributed by atoms with Crippen LogP contribution in [-0.2, 0) is 0 Å². The molecule has 0 spiro atoms. The van der Waals surface area contributed by atoms with Gasteiger partial charge in [0.15, 0.2) is 0 Å². The number of benzene rings is 1. The molecule has 144 valence electrons. The zero-order valence-electron chi connectivity index (χ0n) is 16.7. The summed E-state index contributed by atoms with van der Waals surface area (Å²) in [5.74, 6) is 0.190. The SMILES string of the molecule is CCC(CC)CN(CC)C(=O)c1cccc(C)c1NC(=O)c1ccncc1. The first kappa shape index (κ1) is 20.6. The van der Waals surface area contributed by atoms with Crippen molar-refractivity contribution in [3.8, 4) is 0 Å². The number of hydrogen-bond acceptors (Lipinski definition) is 3. The number of para-hydroxylation sites is 1. The van der Waals surface area contributed by atoms with Gasteiger partial charge in [0.05, 0.1) is 11.3 Å². The van der Waals surface area contributed by atoms with Gasteiger partial charge in [0, 0.05) is 31.0 Å². The van der Waals surface area contributed by atoms with Gasteiger partial charge in [-0.15, -0.1) is 0 Å². The fraction of sp³-hybridized carbons (Fsp3) is 0.409. The van der Waals surface area contributed by atoms with Crippen LogP contribution in [-0.4, -0.2) is 34.8 Å². The molecular weight excluding hydrogens is 338 g/mol. The van der Waals surface area contributed by atoms with Crippen LogP contribution in [0.25, 0.3) is 0 Å². The highest BCUT2D eigenvalue weighted by Gasteiger charge is 2.22. The molecule has 0 saturated heterocycles. The number of aromatic nitrogens is 1. The van der Waals surface area contributed by atoms with Gasteiger partial charge in [-0.25, -0.2) is 0 Å². The third-order valence-corrected chi connectivity index (χ3v) is 4.99. The Morgan fingerprint density at radius 1 is 1.07 bits per heavy atom. The molecule has 0 saturated carbocycles. The number of carbonyl (C=O) groups excluding carboxylic acids is 2. The first-order valence-corrected chi connectivity index (χ1v) is 9.61. The standard InChI is InChI=1S/C22H29N3O2/c1-5-17(6-2)15-25(7-3)22(27)19-10-8-9-16(4)20(19)24-21(26)18-11-13-23-14-12-18/h8-14,17H,5-7,15H2,1-4H3,(H,24,26). The Morgan fingerprint density at radius 3 is 2.33 bits per heavy atom. The van der Waals surface area contributed by atoms with E-state index in [1.165, 1.54) is 0 Å². The molecule has 0 atom stereocenters. The van der Waals surface area contributed by atoms with Crippen molar-refractivity contribution < 1.29 is 9.59 Å². The fourth-order valence-corrected chi connectivity index (χ4v) is 3.09. The smallest absolute Gasteiger partial charge is 0.255 e. The molecule has 0 bridgehead atoms. The molecule has 0 aliphatic rings. The van der Waals surface area contributed by atoms with E-state index in [2.05, 4.69) is 24.1 Å². The van der Waals surface area contributed by atoms with Crippen LogP contribution in [0.4, 0.5) is 5.69 Å². The van der Waals surface area contributed by atoms with Gasteiger partial charge in [0.2, 0.25) is 0 Å². The van der Waals surface area contributed by atoms with Crippen molar-refractivity contribution in [1.29, 1.82) is 0 Å². The number of carbonyl (C=O) groups is 2. The Bertz CT molecular complexity index is 770. The molecule has 0 aliphatic heterocycles. The van der Waals surface area contributed by atoms with E-state index in [-0.39, 0.29) is 11.8 Å². The first-order valence-electron chi connectivity index (χ1n) is 9.61. The zero-order chi connectivity index (χ0) is 19.8. The second-order valence-corrected chi connectivity index (χ2v) is 6.71. The quantitative estimate of drug-likeness (QED) is 0.745. The zero-order valence-corrected chi connectivity index (χ0v) is 16.7. The lowest BCUT2D eigenvalue weighted by atomic mass is 10.0. The second-order valence-electron chi connectivity index (χ2n) is 6.71. The summed E-state index contributed by atoms with van der Waals surface area (Å²) in [6, 6.07) is 8.85. The van der Waals surface area contributed by atoms with Crippen LogP contribution >= 0.6 is 0 Å². The predicted molar refractivity (Wildman–Crippen MR) is 109 cm³/mol. The summed E-state index contributed by atoms with van der Waals surface area (Å²) in [6.07, 6.45) is 5.24. The number of rotatable bonds is 8. The van der Waals surface area contributed by atoms with Crippen molar-refractivity contribution in [2.24, 2.45) is 5.92 Å². The highest BCUT2D eigenvalue weighted by molar-refractivity contribution is 6.09. The molecule has 0 unspecified atom stereocenters. The molecule has 27 heavy (non-hydrogen) atoms. The minimum absolute atomic E-state index is 0.0434. The first-order chi connectivity index (χ1) is 13.0. The lowest BCUT2D eigenvalue weighted by molar-refractivity contribution is 0.0736. The van der Waals surface area contributed by atoms with Crippen LogP contribution in [0, 0.1) is 12.8 Å². The summed E-state index contributed by atoms with van der Waals surface area (Å²) in [6.45, 7) is 9.56. The van der Waals surface area contributed by atoms with E-state index in [1.54, 1.807) is 30.6 Å². The van der Waals surface area contributed by atoms with Gasteiger partial charge >= 0.3 is 0 Å². The van der Waals surface area contributed by atoms with Crippen LogP contribution in [0.1, 0.15) is 59.9 Å². The Kier molecular flexibility index (Phi) is 7.53. The van der Waals surface area contributed by atoms with Crippen LogP contribution in [0.2, 0.25) is 0 Å².